The summed E-state index contributed by atoms with van der Waals surface area (Å²) >= 11 is 0. The number of carboxylic acid groups (broad SMARTS) is 1. The van der Waals surface area contributed by atoms with Crippen LogP contribution in [0.4, 0.5) is 0 Å². The maximum absolute atomic E-state index is 11.5. The molecule has 1 aliphatic carbocycles. The molecule has 2 fully saturated rings. The van der Waals surface area contributed by atoms with Crippen molar-refractivity contribution in [2.45, 2.75) is 55.1 Å². The van der Waals surface area contributed by atoms with Crippen LogP contribution in [0, 0.1) is 11.8 Å². The molecule has 0 aromatic rings. The summed E-state index contributed by atoms with van der Waals surface area (Å²) in [4.78, 5) is 11.5. The number of carboxylic acids is 1. The summed E-state index contributed by atoms with van der Waals surface area (Å²) in [6, 6.07) is 0. The second kappa shape index (κ2) is 7.82. The van der Waals surface area contributed by atoms with Crippen LogP contribution in [0.15, 0.2) is 11.8 Å². The Bertz CT molecular complexity index is 623. The Labute approximate surface area is 158 Å². The van der Waals surface area contributed by atoms with Gasteiger partial charge in [-0.15, -0.1) is 0 Å². The predicted molar refractivity (Wildman–Crippen MR) is 85.1 cm³/mol. The van der Waals surface area contributed by atoms with E-state index in [9.17, 15) is 45.6 Å². The smallest absolute Gasteiger partial charge is 0.335 e. The summed E-state index contributed by atoms with van der Waals surface area (Å²) in [7, 11) is 0. The summed E-state index contributed by atoms with van der Waals surface area (Å²) in [5.74, 6) is -3.77. The van der Waals surface area contributed by atoms with Crippen molar-refractivity contribution < 1.29 is 59.9 Å². The molecule has 10 atom stereocenters. The summed E-state index contributed by atoms with van der Waals surface area (Å²) in [6.45, 7) is -1.51. The highest BCUT2D eigenvalue weighted by atomic mass is 16.8. The van der Waals surface area contributed by atoms with Crippen molar-refractivity contribution in [1.29, 1.82) is 0 Å². The molecule has 3 rings (SSSR count). The molecule has 160 valence electrons. The highest BCUT2D eigenvalue weighted by Crippen LogP contribution is 2.49. The van der Waals surface area contributed by atoms with Crippen molar-refractivity contribution in [2.24, 2.45) is 11.8 Å². The number of aliphatic hydroxyl groups is 7. The molecule has 2 aliphatic heterocycles. The van der Waals surface area contributed by atoms with Crippen LogP contribution in [0.3, 0.4) is 0 Å². The van der Waals surface area contributed by atoms with E-state index in [0.717, 1.165) is 6.26 Å². The highest BCUT2D eigenvalue weighted by Gasteiger charge is 2.61. The molecule has 0 radical (unpaired) electrons. The number of rotatable bonds is 5. The molecule has 1 saturated carbocycles. The van der Waals surface area contributed by atoms with E-state index in [1.54, 1.807) is 0 Å². The molecule has 28 heavy (non-hydrogen) atoms. The first-order chi connectivity index (χ1) is 13.1. The molecule has 0 amide bonds. The molecule has 0 spiro atoms. The maximum atomic E-state index is 11.5. The number of aliphatic carboxylic acids is 1. The minimum atomic E-state index is -1.95. The van der Waals surface area contributed by atoms with E-state index in [2.05, 4.69) is 0 Å². The Kier molecular flexibility index (Phi) is 5.96. The third-order valence-electron chi connectivity index (χ3n) is 5.60. The Balaban J connectivity index is 1.88. The lowest BCUT2D eigenvalue weighted by molar-refractivity contribution is -0.347. The van der Waals surface area contributed by atoms with Gasteiger partial charge < -0.3 is 55.1 Å². The number of ether oxygens (including phenoxy) is 3. The third-order valence-corrected chi connectivity index (χ3v) is 5.60. The second-order valence-electron chi connectivity index (χ2n) is 7.30. The van der Waals surface area contributed by atoms with Crippen molar-refractivity contribution in [3.8, 4) is 0 Å². The Hall–Kier alpha value is -1.35. The van der Waals surface area contributed by atoms with Gasteiger partial charge in [-0.2, -0.15) is 0 Å². The monoisotopic (exact) mass is 408 g/mol. The van der Waals surface area contributed by atoms with Crippen LogP contribution in [-0.4, -0.2) is 109 Å². The first kappa shape index (κ1) is 21.4. The fourth-order valence-corrected chi connectivity index (χ4v) is 4.12. The van der Waals surface area contributed by atoms with Crippen LogP contribution in [0.1, 0.15) is 6.42 Å². The van der Waals surface area contributed by atoms with Gasteiger partial charge in [0.1, 0.15) is 24.4 Å². The van der Waals surface area contributed by atoms with Gasteiger partial charge in [0.05, 0.1) is 42.7 Å². The first-order valence-corrected chi connectivity index (χ1v) is 8.70. The van der Waals surface area contributed by atoms with E-state index in [1.807, 2.05) is 0 Å². The van der Waals surface area contributed by atoms with Crippen molar-refractivity contribution in [3.63, 3.8) is 0 Å². The summed E-state index contributed by atoms with van der Waals surface area (Å²) < 4.78 is 16.0. The van der Waals surface area contributed by atoms with Crippen molar-refractivity contribution in [3.05, 3.63) is 11.8 Å². The Morgan fingerprint density at radius 1 is 1.14 bits per heavy atom. The van der Waals surface area contributed by atoms with Crippen molar-refractivity contribution >= 4 is 5.97 Å². The van der Waals surface area contributed by atoms with Crippen LogP contribution >= 0.6 is 0 Å². The first-order valence-electron chi connectivity index (χ1n) is 8.70. The average Bonchev–Trinajstić information content (AvgIpc) is 2.94. The molecular formula is C16H24O12. The van der Waals surface area contributed by atoms with Gasteiger partial charge in [-0.25, -0.2) is 4.79 Å². The molecule has 0 bridgehead atoms. The topological polar surface area (TPSA) is 207 Å². The summed E-state index contributed by atoms with van der Waals surface area (Å²) in [5, 5.41) is 78.9. The predicted octanol–water partition coefficient (Wildman–Crippen LogP) is -4.15. The fraction of sp³-hybridized carbons (Fsp3) is 0.812. The van der Waals surface area contributed by atoms with Gasteiger partial charge in [0, 0.05) is 12.3 Å². The zero-order valence-electron chi connectivity index (χ0n) is 14.6. The van der Waals surface area contributed by atoms with Crippen LogP contribution in [0.2, 0.25) is 0 Å². The second-order valence-corrected chi connectivity index (χ2v) is 7.30. The SMILES string of the molecule is O=C(O)C1=CO[C@@H](O[C@@H]2O[C@H](CO)[C@@H](O)[C@H](O)[C@H]2O)[C@H]2[C@@H]1[C@H](O)C[C@]2(O)CO. The van der Waals surface area contributed by atoms with Gasteiger partial charge in [-0.05, 0) is 0 Å². The Morgan fingerprint density at radius 3 is 2.39 bits per heavy atom. The quantitative estimate of drug-likeness (QED) is 0.218. The van der Waals surface area contributed by atoms with Crippen molar-refractivity contribution in [2.75, 3.05) is 13.2 Å². The molecular weight excluding hydrogens is 384 g/mol. The lowest BCUT2D eigenvalue weighted by atomic mass is 9.80. The molecule has 2 heterocycles. The zero-order chi connectivity index (χ0) is 20.8. The molecule has 12 heteroatoms. The normalized spacial score (nSPS) is 48.5. The van der Waals surface area contributed by atoms with Crippen LogP contribution < -0.4 is 0 Å². The van der Waals surface area contributed by atoms with Crippen LogP contribution in [0.25, 0.3) is 0 Å². The van der Waals surface area contributed by atoms with Crippen LogP contribution in [0.5, 0.6) is 0 Å². The minimum absolute atomic E-state index is 0.324. The fourth-order valence-electron chi connectivity index (χ4n) is 4.12. The zero-order valence-corrected chi connectivity index (χ0v) is 14.6. The van der Waals surface area contributed by atoms with E-state index < -0.39 is 79.7 Å². The molecule has 0 aromatic carbocycles. The molecule has 0 aromatic heterocycles. The average molecular weight is 408 g/mol. The van der Waals surface area contributed by atoms with Gasteiger partial charge in [0.2, 0.25) is 6.29 Å². The summed E-state index contributed by atoms with van der Waals surface area (Å²) in [5.41, 5.74) is -2.27. The van der Waals surface area contributed by atoms with Gasteiger partial charge in [0.25, 0.3) is 0 Å². The standard InChI is InChI=1S/C16H24O12/c17-2-7-10(20)11(21)12(22)15(27-7)28-14-9-8(5(3-26-14)13(23)24)6(19)1-16(9,25)4-18/h3,6-12,14-15,17-22,25H,1-2,4H2,(H,23,24)/t6-,7-,8+,9-,10-,11+,12-,14+,15+,16+/m1/s1. The van der Waals surface area contributed by atoms with E-state index >= 15 is 0 Å². The van der Waals surface area contributed by atoms with E-state index in [-0.39, 0.29) is 12.0 Å². The molecule has 1 saturated heterocycles. The molecule has 8 N–H and O–H groups in total. The van der Waals surface area contributed by atoms with Gasteiger partial charge in [-0.3, -0.25) is 0 Å². The largest absolute Gasteiger partial charge is 0.478 e. The van der Waals surface area contributed by atoms with Gasteiger partial charge >= 0.3 is 5.97 Å². The minimum Gasteiger partial charge on any atom is -0.478 e. The molecule has 12 nitrogen and oxygen atoms in total. The van der Waals surface area contributed by atoms with E-state index in [4.69, 9.17) is 14.2 Å². The van der Waals surface area contributed by atoms with E-state index in [1.165, 1.54) is 0 Å². The molecule has 3 aliphatic rings. The Morgan fingerprint density at radius 2 is 1.82 bits per heavy atom. The number of carbonyl (C=O) groups is 1. The highest BCUT2D eigenvalue weighted by molar-refractivity contribution is 5.87. The lowest BCUT2D eigenvalue weighted by Gasteiger charge is -2.44. The summed E-state index contributed by atoms with van der Waals surface area (Å²) in [6.07, 6.45) is -10.2. The third kappa shape index (κ3) is 3.40. The van der Waals surface area contributed by atoms with Crippen molar-refractivity contribution in [1.82, 2.24) is 0 Å². The maximum Gasteiger partial charge on any atom is 0.335 e. The number of fused-ring (bicyclic) bond motifs is 1. The van der Waals surface area contributed by atoms with Gasteiger partial charge in [-0.1, -0.05) is 0 Å². The number of hydrogen-bond acceptors (Lipinski definition) is 11. The van der Waals surface area contributed by atoms with E-state index in [0.29, 0.717) is 0 Å². The number of hydrogen-bond donors (Lipinski definition) is 8. The molecule has 0 unspecified atom stereocenters. The van der Waals surface area contributed by atoms with Gasteiger partial charge in [0.15, 0.2) is 6.29 Å². The lowest BCUT2D eigenvalue weighted by Crippen LogP contribution is -2.61. The van der Waals surface area contributed by atoms with Crippen LogP contribution in [-0.2, 0) is 19.0 Å². The number of aliphatic hydroxyl groups excluding tert-OH is 6.